The largest absolute Gasteiger partial charge is 0.508 e. The van der Waals surface area contributed by atoms with Crippen LogP contribution in [0.4, 0.5) is 0 Å². The monoisotopic (exact) mass is 336 g/mol. The number of fused-ring (bicyclic) bond motifs is 1. The molecule has 3 heterocycles. The molecular weight excluding hydrogens is 312 g/mol. The Balaban J connectivity index is 1.86. The number of hydrogen-bond acceptors (Lipinski definition) is 6. The fourth-order valence-electron chi connectivity index (χ4n) is 4.66. The van der Waals surface area contributed by atoms with Crippen molar-refractivity contribution >= 4 is 0 Å². The Bertz CT molecular complexity index is 651. The molecule has 0 amide bonds. The summed E-state index contributed by atoms with van der Waals surface area (Å²) in [6.45, 7) is 9.88. The third kappa shape index (κ3) is 1.73. The molecule has 6 nitrogen and oxygen atoms in total. The second-order valence-corrected chi connectivity index (χ2v) is 7.98. The summed E-state index contributed by atoms with van der Waals surface area (Å²) in [6.07, 6.45) is -0.418. The van der Waals surface area contributed by atoms with Crippen LogP contribution in [-0.2, 0) is 29.8 Å². The van der Waals surface area contributed by atoms with E-state index in [4.69, 9.17) is 24.0 Å². The van der Waals surface area contributed by atoms with Crippen LogP contribution in [0.2, 0.25) is 0 Å². The molecule has 0 bridgehead atoms. The SMILES string of the molecule is CC1(C)COC2(c3cccc(O)c3)OOC12C(C)(C)C1OCCO1. The summed E-state index contributed by atoms with van der Waals surface area (Å²) in [5.41, 5.74) is -0.996. The molecule has 3 saturated heterocycles. The van der Waals surface area contributed by atoms with E-state index in [0.717, 1.165) is 5.56 Å². The molecule has 0 saturated carbocycles. The zero-order chi connectivity index (χ0) is 17.2. The minimum absolute atomic E-state index is 0.158. The minimum atomic E-state index is -1.10. The zero-order valence-electron chi connectivity index (χ0n) is 14.5. The number of benzene rings is 1. The number of hydrogen-bond donors (Lipinski definition) is 1. The molecule has 4 rings (SSSR count). The summed E-state index contributed by atoms with van der Waals surface area (Å²) < 4.78 is 17.8. The van der Waals surface area contributed by atoms with Gasteiger partial charge < -0.3 is 19.3 Å². The predicted molar refractivity (Wildman–Crippen MR) is 83.9 cm³/mol. The number of aromatic hydroxyl groups is 1. The first-order valence-electron chi connectivity index (χ1n) is 8.30. The molecule has 0 spiro atoms. The molecule has 132 valence electrons. The second kappa shape index (κ2) is 4.93. The van der Waals surface area contributed by atoms with Crippen molar-refractivity contribution in [1.82, 2.24) is 0 Å². The van der Waals surface area contributed by atoms with E-state index in [1.807, 2.05) is 6.07 Å². The molecule has 1 N–H and O–H groups in total. The van der Waals surface area contributed by atoms with Crippen molar-refractivity contribution in [3.63, 3.8) is 0 Å². The van der Waals surface area contributed by atoms with E-state index in [0.29, 0.717) is 19.8 Å². The van der Waals surface area contributed by atoms with Crippen molar-refractivity contribution < 1.29 is 29.1 Å². The minimum Gasteiger partial charge on any atom is -0.508 e. The Kier molecular flexibility index (Phi) is 3.34. The van der Waals surface area contributed by atoms with E-state index in [1.165, 1.54) is 0 Å². The number of phenolic OH excluding ortho intramolecular Hbond substituents is 1. The molecule has 3 aliphatic rings. The van der Waals surface area contributed by atoms with Crippen LogP contribution in [0.1, 0.15) is 33.3 Å². The van der Waals surface area contributed by atoms with Gasteiger partial charge in [-0.3, -0.25) is 0 Å². The predicted octanol–water partition coefficient (Wildman–Crippen LogP) is 2.70. The maximum absolute atomic E-state index is 9.93. The van der Waals surface area contributed by atoms with Gasteiger partial charge in [-0.05, 0) is 12.1 Å². The molecule has 0 aliphatic carbocycles. The van der Waals surface area contributed by atoms with Crippen LogP contribution in [0.25, 0.3) is 0 Å². The molecule has 1 aromatic carbocycles. The van der Waals surface area contributed by atoms with Gasteiger partial charge in [0.15, 0.2) is 11.9 Å². The highest BCUT2D eigenvalue weighted by Crippen LogP contribution is 2.70. The van der Waals surface area contributed by atoms with Crippen molar-refractivity contribution in [3.05, 3.63) is 29.8 Å². The van der Waals surface area contributed by atoms with Crippen molar-refractivity contribution in [2.45, 2.75) is 45.4 Å². The average Bonchev–Trinajstić information content (AvgIpc) is 3.05. The summed E-state index contributed by atoms with van der Waals surface area (Å²) in [5, 5.41) is 9.93. The quantitative estimate of drug-likeness (QED) is 0.856. The summed E-state index contributed by atoms with van der Waals surface area (Å²) in [5.74, 6) is -0.945. The number of phenols is 1. The van der Waals surface area contributed by atoms with Crippen molar-refractivity contribution in [2.75, 3.05) is 19.8 Å². The average molecular weight is 336 g/mol. The third-order valence-corrected chi connectivity index (χ3v) is 5.68. The highest BCUT2D eigenvalue weighted by molar-refractivity contribution is 5.37. The van der Waals surface area contributed by atoms with Crippen molar-refractivity contribution in [3.8, 4) is 5.75 Å². The van der Waals surface area contributed by atoms with Gasteiger partial charge in [-0.2, -0.15) is 4.89 Å². The lowest BCUT2D eigenvalue weighted by Gasteiger charge is -2.62. The van der Waals surface area contributed by atoms with Gasteiger partial charge >= 0.3 is 0 Å². The van der Waals surface area contributed by atoms with Gasteiger partial charge in [0.1, 0.15) is 5.75 Å². The van der Waals surface area contributed by atoms with E-state index in [1.54, 1.807) is 18.2 Å². The zero-order valence-corrected chi connectivity index (χ0v) is 14.5. The lowest BCUT2D eigenvalue weighted by atomic mass is 9.56. The highest BCUT2D eigenvalue weighted by Gasteiger charge is 2.83. The molecule has 24 heavy (non-hydrogen) atoms. The smallest absolute Gasteiger partial charge is 0.261 e. The number of ether oxygens (including phenoxy) is 3. The van der Waals surface area contributed by atoms with Gasteiger partial charge in [-0.25, -0.2) is 4.89 Å². The van der Waals surface area contributed by atoms with Crippen LogP contribution in [0, 0.1) is 10.8 Å². The molecule has 6 heteroatoms. The molecule has 3 fully saturated rings. The third-order valence-electron chi connectivity index (χ3n) is 5.68. The lowest BCUT2D eigenvalue weighted by molar-refractivity contribution is -0.632. The van der Waals surface area contributed by atoms with Crippen LogP contribution >= 0.6 is 0 Å². The Morgan fingerprint density at radius 3 is 2.42 bits per heavy atom. The first-order chi connectivity index (χ1) is 11.3. The normalized spacial score (nSPS) is 35.7. The second-order valence-electron chi connectivity index (χ2n) is 7.98. The number of rotatable bonds is 3. The molecular formula is C18H24O6. The van der Waals surface area contributed by atoms with Gasteiger partial charge in [-0.1, -0.05) is 39.8 Å². The Hall–Kier alpha value is -1.18. The Labute approximate surface area is 141 Å². The first-order valence-corrected chi connectivity index (χ1v) is 8.30. The van der Waals surface area contributed by atoms with Gasteiger partial charge in [0, 0.05) is 11.0 Å². The van der Waals surface area contributed by atoms with Crippen LogP contribution in [-0.4, -0.2) is 36.8 Å². The standard InChI is InChI=1S/C18H24O6/c1-15(2)11-22-17(12-6-5-7-13(19)10-12)18(15,24-23-17)16(3,4)14-20-8-9-21-14/h5-7,10,14,19H,8-9,11H2,1-4H3. The molecule has 0 radical (unpaired) electrons. The van der Waals surface area contributed by atoms with Crippen LogP contribution in [0.15, 0.2) is 24.3 Å². The van der Waals surface area contributed by atoms with Gasteiger partial charge in [0.2, 0.25) is 0 Å². The van der Waals surface area contributed by atoms with Gasteiger partial charge in [-0.15, -0.1) is 0 Å². The molecule has 2 atom stereocenters. The fraction of sp³-hybridized carbons (Fsp3) is 0.667. The summed E-state index contributed by atoms with van der Waals surface area (Å²) >= 11 is 0. The van der Waals surface area contributed by atoms with Crippen LogP contribution < -0.4 is 0 Å². The van der Waals surface area contributed by atoms with E-state index in [2.05, 4.69) is 27.7 Å². The van der Waals surface area contributed by atoms with E-state index in [9.17, 15) is 5.11 Å². The van der Waals surface area contributed by atoms with Crippen LogP contribution in [0.3, 0.4) is 0 Å². The Morgan fingerprint density at radius 1 is 1.12 bits per heavy atom. The maximum Gasteiger partial charge on any atom is 0.261 e. The van der Waals surface area contributed by atoms with E-state index < -0.39 is 23.1 Å². The van der Waals surface area contributed by atoms with Crippen molar-refractivity contribution in [2.24, 2.45) is 10.8 Å². The molecule has 0 aromatic heterocycles. The Morgan fingerprint density at radius 2 is 1.83 bits per heavy atom. The summed E-state index contributed by atoms with van der Waals surface area (Å²) in [4.78, 5) is 11.5. The first kappa shape index (κ1) is 16.3. The van der Waals surface area contributed by atoms with Gasteiger partial charge in [0.25, 0.3) is 5.79 Å². The lowest BCUT2D eigenvalue weighted by Crippen LogP contribution is -2.75. The topological polar surface area (TPSA) is 66.4 Å². The molecule has 3 aliphatic heterocycles. The van der Waals surface area contributed by atoms with E-state index >= 15 is 0 Å². The van der Waals surface area contributed by atoms with Gasteiger partial charge in [0.05, 0.1) is 25.2 Å². The fourth-order valence-corrected chi connectivity index (χ4v) is 4.66. The van der Waals surface area contributed by atoms with Crippen molar-refractivity contribution in [1.29, 1.82) is 0 Å². The highest BCUT2D eigenvalue weighted by atomic mass is 17.3. The summed E-state index contributed by atoms with van der Waals surface area (Å²) in [6, 6.07) is 6.93. The summed E-state index contributed by atoms with van der Waals surface area (Å²) in [7, 11) is 0. The molecule has 2 unspecified atom stereocenters. The molecule has 1 aromatic rings. The maximum atomic E-state index is 9.93. The van der Waals surface area contributed by atoms with Crippen LogP contribution in [0.5, 0.6) is 5.75 Å². The van der Waals surface area contributed by atoms with E-state index in [-0.39, 0.29) is 11.2 Å².